The van der Waals surface area contributed by atoms with Crippen molar-refractivity contribution in [2.75, 3.05) is 258 Å². The fourth-order valence-electron chi connectivity index (χ4n) is 15.3. The van der Waals surface area contributed by atoms with Gasteiger partial charge in [-0.3, -0.25) is 24.5 Å². The summed E-state index contributed by atoms with van der Waals surface area (Å²) < 4.78 is 601. The molecule has 5 aromatic carbocycles. The molecule has 10 fully saturated rings. The van der Waals surface area contributed by atoms with Crippen LogP contribution in [0.4, 0.5) is 52.4 Å². The van der Waals surface area contributed by atoms with E-state index < -0.39 is 353 Å². The average molecular weight is 2110 g/mol. The molecular formula is C110H175Cl5N20O5. The Balaban J connectivity index is 0.000000242. The van der Waals surface area contributed by atoms with Gasteiger partial charge in [-0.2, -0.15) is 0 Å². The van der Waals surface area contributed by atoms with Gasteiger partial charge in [0, 0.05) is 284 Å². The van der Waals surface area contributed by atoms with E-state index in [-0.39, 0.29) is 191 Å². The van der Waals surface area contributed by atoms with Crippen molar-refractivity contribution in [1.29, 1.82) is 0 Å². The number of nitrogens with one attached hydrogen (secondary N) is 5. The first kappa shape index (κ1) is 50.4. The number of halogens is 5. The smallest absolute Gasteiger partial charge is 0.317 e. The number of urea groups is 5. The number of anilines is 5. The number of carbonyl (C=O) groups excluding carboxylic acids is 5. The monoisotopic (exact) mass is 2100 g/mol. The number of carbonyl (C=O) groups is 5. The minimum atomic E-state index is -4.34. The summed E-state index contributed by atoms with van der Waals surface area (Å²) in [6.45, 7) is -61.4. The van der Waals surface area contributed by atoms with Crippen LogP contribution in [0.1, 0.15) is 285 Å². The van der Waals surface area contributed by atoms with Crippen molar-refractivity contribution < 1.29 is 121 Å². The summed E-state index contributed by atoms with van der Waals surface area (Å²) in [4.78, 5) is 69.6. The summed E-state index contributed by atoms with van der Waals surface area (Å²) in [5, 5.41) is 10.9. The van der Waals surface area contributed by atoms with Gasteiger partial charge in [-0.15, -0.1) is 0 Å². The molecule has 0 spiro atoms. The highest BCUT2D eigenvalue weighted by molar-refractivity contribution is 6.35. The Kier molecular flexibility index (Phi) is 20.7. The Morgan fingerprint density at radius 3 is 0.900 bits per heavy atom. The second kappa shape index (κ2) is 57.6. The predicted octanol–water partition coefficient (Wildman–Crippen LogP) is 20.0. The molecule has 0 radical (unpaired) electrons. The van der Waals surface area contributed by atoms with Crippen LogP contribution in [0.3, 0.4) is 0 Å². The van der Waals surface area contributed by atoms with E-state index in [9.17, 15) is 24.0 Å². The first-order valence-electron chi connectivity index (χ1n) is 81.4. The SMILES string of the molecule is [2H]c1c([2H])c(C)c(Cl)c(N2C([2H])([2H])C([2H])([2H])N(C([2H])([2H])CC3CCC(NC(=O)N(C)C)CC3)C([2H])([2H])C2([2H])[2H])c1[2H].[2H]c1c([2H])c(C)c(Cl)c(N2C([2H])([2H])C([2H])([2H])N(CC([2H])([2H])C3CCC(NC(=O)N(C)C)CC3)C([2H])([2H])C2([2H])[2H])c1[2H].[2H]c1c([2H])c(C)c(Cl)c(N2C([2H])([2H])C([2H])([2H])N(CCC3CCC(NC(=O)N(C)C([2H])([2H])[2H])CC3)C([2H])([2H])C2([2H])[2H])c1[2H].[2H]c1c([2H])c(C)c(Cl)c(N2C([2H])([2H])C([2H])([2H])N(CCC3CCC(NC(=O)N(C)C)CC3)C([2H])([2H])C2([2H])[2H])c1[2H].[2H]c1c([2H])c(C)c(Cl)c(N2CCN(C([2H])([2H])C([2H])([2H])C3([2H])C([2H])([2H])C([2H])([2H])C([2H])(NC(=O)N(C)C([2H])([2H])[2H])C([2H])([2H])C3([2H])[2H])CC2)c1[2H]. The quantitative estimate of drug-likeness (QED) is 0.0370. The molecule has 5 heterocycles. The van der Waals surface area contributed by atoms with Gasteiger partial charge >= 0.3 is 30.2 Å². The molecule has 0 unspecified atom stereocenters. The minimum Gasteiger partial charge on any atom is -0.368 e. The maximum absolute atomic E-state index is 12.7. The van der Waals surface area contributed by atoms with Gasteiger partial charge in [0.15, 0.2) is 0 Å². The number of amides is 10. The Morgan fingerprint density at radius 1 is 0.321 bits per heavy atom. The molecule has 5 aliphatic heterocycles. The fourth-order valence-corrected chi connectivity index (χ4v) is 16.2. The maximum Gasteiger partial charge on any atom is 0.317 e. The Bertz CT molecular complexity index is 8030. The van der Waals surface area contributed by atoms with E-state index in [1.165, 1.54) is 66.6 Å². The Labute approximate surface area is 967 Å². The molecule has 15 rings (SSSR count). The molecule has 5 aliphatic carbocycles. The van der Waals surface area contributed by atoms with Crippen LogP contribution in [-0.4, -0.2) is 342 Å². The molecule has 30 heteroatoms. The number of benzene rings is 5. The third-order valence-corrected chi connectivity index (χ3v) is 26.2. The molecule has 5 aromatic rings. The summed E-state index contributed by atoms with van der Waals surface area (Å²) >= 11 is 31.6. The lowest BCUT2D eigenvalue weighted by Crippen LogP contribution is -2.47. The number of nitrogens with zero attached hydrogens (tertiary/aromatic N) is 15. The zero-order valence-electron chi connectivity index (χ0n) is 152. The number of piperazine rings is 5. The van der Waals surface area contributed by atoms with E-state index >= 15 is 0 Å². The molecule has 10 amide bonds. The van der Waals surface area contributed by atoms with Gasteiger partial charge < -0.3 is 75.6 Å². The minimum absolute atomic E-state index is 0.00912. The van der Waals surface area contributed by atoms with Crippen molar-refractivity contribution in [2.24, 2.45) is 29.6 Å². The number of hydrogen-bond acceptors (Lipinski definition) is 15. The molecule has 0 bridgehead atoms. The molecule has 5 saturated heterocycles. The molecule has 0 atom stereocenters. The maximum atomic E-state index is 12.7. The Hall–Kier alpha value is -7.30. The van der Waals surface area contributed by atoms with Crippen LogP contribution in [0.5, 0.6) is 0 Å². The zero-order chi connectivity index (χ0) is 163. The van der Waals surface area contributed by atoms with Crippen LogP contribution >= 0.6 is 58.0 Å². The highest BCUT2D eigenvalue weighted by Gasteiger charge is 2.33. The second-order valence-electron chi connectivity index (χ2n) is 35.0. The van der Waals surface area contributed by atoms with Crippen LogP contribution in [0, 0.1) is 64.2 Å². The first-order chi connectivity index (χ1) is 94.7. The third-order valence-electron chi connectivity index (χ3n) is 23.9. The molecular weight excluding hydrogens is 1860 g/mol. The van der Waals surface area contributed by atoms with Crippen molar-refractivity contribution in [3.05, 3.63) is 144 Å². The fraction of sp³-hybridized carbons (Fsp3) is 0.682. The van der Waals surface area contributed by atoms with Crippen molar-refractivity contribution in [3.63, 3.8) is 0 Å². The summed E-state index contributed by atoms with van der Waals surface area (Å²) in [5.41, 5.74) is -2.97. The van der Waals surface area contributed by atoms with E-state index in [0.717, 1.165) is 4.90 Å². The van der Waals surface area contributed by atoms with E-state index in [1.807, 2.05) is 0 Å². The standard InChI is InChI=1S/5C22H35ClN4O/c5*1-17-5-4-6-20(21(17)23)27-15-13-26(14-16-27)12-11-18-7-9-19(10-8-18)24-22(28)25(2)3/h5*4-6,18-19H,7-16H2,1-3H3,(H,24,28)/i2D3,4D,5D,6D,7D2,8D2,9D2,10D2,11D2,12D2,18D,19D;4D,5D,6D,12D2,13D2,14D2,15D2,16D2;4D,5D,6D,11D2,13D2,14D2,15D2,16D2;2D3,4D,5D,6D,13D2,14D2,15D2,16D2;4D,5D,6D,13D2,14D2,15D2,16D2. The molecule has 780 valence electrons. The summed E-state index contributed by atoms with van der Waals surface area (Å²) in [6, 6.07) is -17.0. The van der Waals surface area contributed by atoms with Crippen molar-refractivity contribution in [3.8, 4) is 0 Å². The molecule has 5 N–H and O–H groups in total. The highest BCUT2D eigenvalue weighted by Crippen LogP contribution is 2.39. The molecule has 5 saturated carbocycles. The van der Waals surface area contributed by atoms with E-state index in [4.69, 9.17) is 155 Å². The van der Waals surface area contributed by atoms with Gasteiger partial charge in [-0.05, 0) is 315 Å². The largest absolute Gasteiger partial charge is 0.368 e. The van der Waals surface area contributed by atoms with Crippen LogP contribution in [0.15, 0.2) is 90.6 Å². The predicted molar refractivity (Wildman–Crippen MR) is 587 cm³/mol. The van der Waals surface area contributed by atoms with Crippen molar-refractivity contribution in [2.45, 2.75) is 225 Å². The van der Waals surface area contributed by atoms with Gasteiger partial charge in [0.25, 0.3) is 0 Å². The van der Waals surface area contributed by atoms with Gasteiger partial charge in [0.05, 0.1) is 97.4 Å². The van der Waals surface area contributed by atoms with Crippen LogP contribution in [0.2, 0.25) is 25.1 Å². The van der Waals surface area contributed by atoms with E-state index in [0.29, 0.717) is 112 Å². The molecule has 25 nitrogen and oxygen atoms in total. The first-order valence-corrected chi connectivity index (χ1v) is 47.8. The van der Waals surface area contributed by atoms with Crippen LogP contribution in [-0.2, 0) is 0 Å². The van der Waals surface area contributed by atoms with Crippen LogP contribution in [0.25, 0.3) is 0 Å². The average Bonchev–Trinajstić information content (AvgIpc) is 0.638. The van der Waals surface area contributed by atoms with Gasteiger partial charge in [0.2, 0.25) is 0 Å². The lowest BCUT2D eigenvalue weighted by atomic mass is 9.84. The molecule has 0 aromatic heterocycles. The topological polar surface area (TPSA) is 194 Å². The second-order valence-corrected chi connectivity index (χ2v) is 36.9. The van der Waals surface area contributed by atoms with Gasteiger partial charge in [-0.1, -0.05) is 118 Å². The zero-order valence-corrected chi connectivity index (χ0v) is 84.4. The van der Waals surface area contributed by atoms with E-state index in [2.05, 4.69) is 21.3 Å². The summed E-state index contributed by atoms with van der Waals surface area (Å²) in [5.74, 6) is -5.46. The highest BCUT2D eigenvalue weighted by atomic mass is 35.5. The Morgan fingerprint density at radius 2 is 0.593 bits per heavy atom. The molecule has 10 aliphatic rings. The lowest BCUT2D eigenvalue weighted by molar-refractivity contribution is 0.194. The van der Waals surface area contributed by atoms with E-state index in [1.54, 1.807) is 42.3 Å². The number of hydrogen-bond donors (Lipinski definition) is 5. The number of rotatable bonds is 25. The van der Waals surface area contributed by atoms with Crippen molar-refractivity contribution in [1.82, 2.24) is 75.6 Å². The molecule has 140 heavy (non-hydrogen) atoms. The normalized spacial score (nSPS) is 39.8. The van der Waals surface area contributed by atoms with Gasteiger partial charge in [-0.25, -0.2) is 24.0 Å². The van der Waals surface area contributed by atoms with Gasteiger partial charge in [0.1, 0.15) is 0 Å². The third kappa shape index (κ3) is 35.8. The lowest BCUT2D eigenvalue weighted by Gasteiger charge is -2.37. The summed E-state index contributed by atoms with van der Waals surface area (Å²) in [7, 11) is 11.5. The van der Waals surface area contributed by atoms with Crippen LogP contribution < -0.4 is 51.1 Å². The van der Waals surface area contributed by atoms with Crippen molar-refractivity contribution >= 4 is 117 Å². The summed E-state index contributed by atoms with van der Waals surface area (Å²) in [6.07, 6.45) is -15.4.